The van der Waals surface area contributed by atoms with E-state index in [0.29, 0.717) is 12.8 Å². The van der Waals surface area contributed by atoms with Crippen LogP contribution in [0.4, 0.5) is 4.39 Å². The van der Waals surface area contributed by atoms with Gasteiger partial charge >= 0.3 is 0 Å². The summed E-state index contributed by atoms with van der Waals surface area (Å²) in [7, 11) is 0. The first-order valence-corrected chi connectivity index (χ1v) is 6.35. The highest BCUT2D eigenvalue weighted by Gasteiger charge is 2.22. The molecule has 1 aromatic heterocycles. The molecule has 1 N–H and O–H groups in total. The minimum atomic E-state index is -0.260. The average Bonchev–Trinajstić information content (AvgIpc) is 3.00. The summed E-state index contributed by atoms with van der Waals surface area (Å²) in [5, 5.41) is 2.91. The highest BCUT2D eigenvalue weighted by molar-refractivity contribution is 5.78. The quantitative estimate of drug-likeness (QED) is 0.920. The van der Waals surface area contributed by atoms with Crippen molar-refractivity contribution >= 4 is 5.91 Å². The normalized spacial score (nSPS) is 18.6. The lowest BCUT2D eigenvalue weighted by molar-refractivity contribution is -0.119. The zero-order valence-corrected chi connectivity index (χ0v) is 10.4. The summed E-state index contributed by atoms with van der Waals surface area (Å²) in [5.41, 5.74) is 0.850. The number of furan rings is 1. The van der Waals surface area contributed by atoms with E-state index >= 15 is 0 Å². The molecule has 19 heavy (non-hydrogen) atoms. The Labute approximate surface area is 110 Å². The Balaban J connectivity index is 1.72. The summed E-state index contributed by atoms with van der Waals surface area (Å²) in [6.45, 7) is 0. The Hall–Kier alpha value is -2.10. The fourth-order valence-electron chi connectivity index (χ4n) is 2.33. The third-order valence-corrected chi connectivity index (χ3v) is 3.32. The van der Waals surface area contributed by atoms with Crippen LogP contribution in [0.15, 0.2) is 40.8 Å². The molecule has 1 amide bonds. The molecule has 3 nitrogen and oxygen atoms in total. The molecule has 0 saturated carbocycles. The lowest BCUT2D eigenvalue weighted by atomic mass is 10.1. The van der Waals surface area contributed by atoms with Gasteiger partial charge < -0.3 is 9.73 Å². The van der Waals surface area contributed by atoms with Gasteiger partial charge in [0.15, 0.2) is 0 Å². The molecule has 1 unspecified atom stereocenters. The third-order valence-electron chi connectivity index (χ3n) is 3.32. The second-order valence-electron chi connectivity index (χ2n) is 4.78. The van der Waals surface area contributed by atoms with Crippen molar-refractivity contribution in [2.75, 3.05) is 0 Å². The van der Waals surface area contributed by atoms with Crippen molar-refractivity contribution in [3.05, 3.63) is 48.0 Å². The Morgan fingerprint density at radius 1 is 1.21 bits per heavy atom. The van der Waals surface area contributed by atoms with Crippen molar-refractivity contribution in [1.82, 2.24) is 5.32 Å². The van der Waals surface area contributed by atoms with Crippen LogP contribution in [0.25, 0.3) is 11.3 Å². The van der Waals surface area contributed by atoms with Gasteiger partial charge in [0.2, 0.25) is 5.91 Å². The highest BCUT2D eigenvalue weighted by atomic mass is 19.1. The molecular weight excluding hydrogens is 245 g/mol. The minimum absolute atomic E-state index is 0.107. The van der Waals surface area contributed by atoms with Crippen LogP contribution in [-0.4, -0.2) is 11.9 Å². The summed E-state index contributed by atoms with van der Waals surface area (Å²) in [4.78, 5) is 11.1. The third kappa shape index (κ3) is 2.67. The number of hydrogen-bond donors (Lipinski definition) is 1. The highest BCUT2D eigenvalue weighted by Crippen LogP contribution is 2.24. The number of halogens is 1. The molecule has 0 spiro atoms. The van der Waals surface area contributed by atoms with Crippen LogP contribution in [0.3, 0.4) is 0 Å². The number of amides is 1. The van der Waals surface area contributed by atoms with Crippen molar-refractivity contribution in [2.24, 2.45) is 0 Å². The van der Waals surface area contributed by atoms with Crippen LogP contribution >= 0.6 is 0 Å². The van der Waals surface area contributed by atoms with Gasteiger partial charge in [0, 0.05) is 24.4 Å². The number of hydrogen-bond acceptors (Lipinski definition) is 2. The largest absolute Gasteiger partial charge is 0.461 e. The molecule has 0 radical (unpaired) electrons. The summed E-state index contributed by atoms with van der Waals surface area (Å²) in [6, 6.07) is 10.1. The molecule has 2 heterocycles. The fraction of sp³-hybridized carbons (Fsp3) is 0.267. The molecule has 3 rings (SSSR count). The van der Waals surface area contributed by atoms with Crippen LogP contribution in [0.5, 0.6) is 0 Å². The lowest BCUT2D eigenvalue weighted by Crippen LogP contribution is -2.26. The first-order valence-electron chi connectivity index (χ1n) is 6.35. The molecule has 98 valence electrons. The monoisotopic (exact) mass is 259 g/mol. The minimum Gasteiger partial charge on any atom is -0.461 e. The maximum absolute atomic E-state index is 12.8. The molecule has 1 aromatic carbocycles. The molecule has 1 fully saturated rings. The molecule has 1 atom stereocenters. The van der Waals surface area contributed by atoms with Gasteiger partial charge in [-0.3, -0.25) is 4.79 Å². The Morgan fingerprint density at radius 2 is 2.00 bits per heavy atom. The van der Waals surface area contributed by atoms with Crippen molar-refractivity contribution < 1.29 is 13.6 Å². The maximum Gasteiger partial charge on any atom is 0.220 e. The van der Waals surface area contributed by atoms with Crippen molar-refractivity contribution in [3.63, 3.8) is 0 Å². The zero-order valence-electron chi connectivity index (χ0n) is 10.4. The lowest BCUT2D eigenvalue weighted by Gasteiger charge is -2.06. The topological polar surface area (TPSA) is 42.2 Å². The number of carbonyl (C=O) groups excluding carboxylic acids is 1. The second kappa shape index (κ2) is 4.88. The predicted molar refractivity (Wildman–Crippen MR) is 69.0 cm³/mol. The van der Waals surface area contributed by atoms with Gasteiger partial charge in [-0.15, -0.1) is 0 Å². The van der Waals surface area contributed by atoms with Gasteiger partial charge in [-0.1, -0.05) is 0 Å². The summed E-state index contributed by atoms with van der Waals surface area (Å²) in [5.74, 6) is 1.41. The molecule has 1 aliphatic rings. The standard InChI is InChI=1S/C15H14FNO2/c16-11-3-1-10(2-4-11)14-7-6-13(19-14)9-12-5-8-15(18)17-12/h1-4,6-7,12H,5,8-9H2,(H,17,18). The van der Waals surface area contributed by atoms with E-state index < -0.39 is 0 Å². The van der Waals surface area contributed by atoms with E-state index in [1.807, 2.05) is 12.1 Å². The molecule has 1 aliphatic heterocycles. The molecule has 0 aliphatic carbocycles. The van der Waals surface area contributed by atoms with Crippen LogP contribution in [-0.2, 0) is 11.2 Å². The molecule has 2 aromatic rings. The van der Waals surface area contributed by atoms with Gasteiger partial charge in [-0.25, -0.2) is 4.39 Å². The molecule has 1 saturated heterocycles. The maximum atomic E-state index is 12.8. The number of benzene rings is 1. The summed E-state index contributed by atoms with van der Waals surface area (Å²) >= 11 is 0. The second-order valence-corrected chi connectivity index (χ2v) is 4.78. The van der Waals surface area contributed by atoms with Crippen molar-refractivity contribution in [3.8, 4) is 11.3 Å². The average molecular weight is 259 g/mol. The number of carbonyl (C=O) groups is 1. The summed E-state index contributed by atoms with van der Waals surface area (Å²) in [6.07, 6.45) is 2.15. The van der Waals surface area contributed by atoms with Gasteiger partial charge in [0.25, 0.3) is 0 Å². The van der Waals surface area contributed by atoms with E-state index in [-0.39, 0.29) is 17.8 Å². The summed E-state index contributed by atoms with van der Waals surface area (Å²) < 4.78 is 18.6. The van der Waals surface area contributed by atoms with Crippen LogP contribution in [0.1, 0.15) is 18.6 Å². The smallest absolute Gasteiger partial charge is 0.220 e. The van der Waals surface area contributed by atoms with Crippen molar-refractivity contribution in [1.29, 1.82) is 0 Å². The van der Waals surface area contributed by atoms with Gasteiger partial charge in [0.05, 0.1) is 0 Å². The molecule has 0 bridgehead atoms. The van der Waals surface area contributed by atoms with Crippen LogP contribution in [0, 0.1) is 5.82 Å². The van der Waals surface area contributed by atoms with E-state index in [1.54, 1.807) is 12.1 Å². The van der Waals surface area contributed by atoms with E-state index in [4.69, 9.17) is 4.42 Å². The fourth-order valence-corrected chi connectivity index (χ4v) is 2.33. The zero-order chi connectivity index (χ0) is 13.2. The van der Waals surface area contributed by atoms with Crippen LogP contribution < -0.4 is 5.32 Å². The molecular formula is C15H14FNO2. The van der Waals surface area contributed by atoms with E-state index in [1.165, 1.54) is 12.1 Å². The van der Waals surface area contributed by atoms with E-state index in [9.17, 15) is 9.18 Å². The molecule has 4 heteroatoms. The SMILES string of the molecule is O=C1CCC(Cc2ccc(-c3ccc(F)cc3)o2)N1. The number of rotatable bonds is 3. The first kappa shape index (κ1) is 12.0. The van der Waals surface area contributed by atoms with Gasteiger partial charge in [-0.2, -0.15) is 0 Å². The Bertz CT molecular complexity index is 588. The first-order chi connectivity index (χ1) is 9.20. The Morgan fingerprint density at radius 3 is 2.68 bits per heavy atom. The van der Waals surface area contributed by atoms with Gasteiger partial charge in [0.1, 0.15) is 17.3 Å². The van der Waals surface area contributed by atoms with E-state index in [2.05, 4.69) is 5.32 Å². The predicted octanol–water partition coefficient (Wildman–Crippen LogP) is 2.91. The number of nitrogens with one attached hydrogen (secondary N) is 1. The van der Waals surface area contributed by atoms with Gasteiger partial charge in [-0.05, 0) is 42.8 Å². The van der Waals surface area contributed by atoms with E-state index in [0.717, 1.165) is 23.5 Å². The van der Waals surface area contributed by atoms with Crippen LogP contribution in [0.2, 0.25) is 0 Å². The van der Waals surface area contributed by atoms with Crippen molar-refractivity contribution in [2.45, 2.75) is 25.3 Å². The Kier molecular flexibility index (Phi) is 3.07.